The average Bonchev–Trinajstić information content (AvgIpc) is 2.48. The highest BCUT2D eigenvalue weighted by Crippen LogP contribution is 2.37. The number of nitrogens with zero attached hydrogens (tertiary/aromatic N) is 3. The van der Waals surface area contributed by atoms with Crippen LogP contribution in [-0.4, -0.2) is 21.6 Å². The van der Waals surface area contributed by atoms with Crippen molar-refractivity contribution in [2.45, 2.75) is 0 Å². The summed E-state index contributed by atoms with van der Waals surface area (Å²) in [5.74, 6) is 0.0307. The Kier molecular flexibility index (Phi) is 3.23. The van der Waals surface area contributed by atoms with Gasteiger partial charge in [0.15, 0.2) is 0 Å². The molecular weight excluding hydrogens is 294 g/mol. The zero-order chi connectivity index (χ0) is 15.0. The van der Waals surface area contributed by atoms with Gasteiger partial charge in [-0.1, -0.05) is 29.8 Å². The second kappa shape index (κ2) is 5.06. The van der Waals surface area contributed by atoms with E-state index in [0.717, 1.165) is 5.69 Å². The Hall–Kier alpha value is -2.60. The van der Waals surface area contributed by atoms with Gasteiger partial charge in [-0.25, -0.2) is 4.98 Å². The summed E-state index contributed by atoms with van der Waals surface area (Å²) in [5, 5.41) is 21.5. The first-order chi connectivity index (χ1) is 10.1. The molecule has 0 amide bonds. The SMILES string of the molecule is O=[N+]([O-])C1=C(O)c2ccc(Cl)nc2N(c2ccccc2)C1. The van der Waals surface area contributed by atoms with Crippen molar-refractivity contribution in [3.05, 3.63) is 69.0 Å². The molecule has 0 unspecified atom stereocenters. The normalized spacial score (nSPS) is 14.0. The number of fused-ring (bicyclic) bond motifs is 1. The standard InChI is InChI=1S/C14H10ClN3O3/c15-12-7-6-10-13(19)11(18(20)21)8-17(14(10)16-12)9-4-2-1-3-5-9/h1-7,19H,8H2. The molecule has 1 aromatic carbocycles. The van der Waals surface area contributed by atoms with Crippen molar-refractivity contribution in [3.63, 3.8) is 0 Å². The molecule has 0 saturated carbocycles. The van der Waals surface area contributed by atoms with Crippen molar-refractivity contribution in [2.75, 3.05) is 11.4 Å². The monoisotopic (exact) mass is 303 g/mol. The van der Waals surface area contributed by atoms with Gasteiger partial charge in [-0.3, -0.25) is 10.1 Å². The van der Waals surface area contributed by atoms with Crippen molar-refractivity contribution < 1.29 is 10.0 Å². The third kappa shape index (κ3) is 2.30. The maximum Gasteiger partial charge on any atom is 0.307 e. The molecule has 3 rings (SSSR count). The van der Waals surface area contributed by atoms with E-state index in [1.165, 1.54) is 12.1 Å². The topological polar surface area (TPSA) is 79.5 Å². The van der Waals surface area contributed by atoms with Crippen molar-refractivity contribution in [1.29, 1.82) is 0 Å². The first kappa shape index (κ1) is 13.4. The Morgan fingerprint density at radius 2 is 1.95 bits per heavy atom. The Morgan fingerprint density at radius 1 is 1.24 bits per heavy atom. The second-order valence-corrected chi connectivity index (χ2v) is 4.87. The molecule has 1 N–H and O–H groups in total. The minimum absolute atomic E-state index is 0.0802. The summed E-state index contributed by atoms with van der Waals surface area (Å²) in [6.45, 7) is -0.0802. The van der Waals surface area contributed by atoms with E-state index < -0.39 is 4.92 Å². The molecule has 0 spiro atoms. The number of halogens is 1. The van der Waals surface area contributed by atoms with Gasteiger partial charge >= 0.3 is 5.70 Å². The van der Waals surface area contributed by atoms with Gasteiger partial charge in [-0.05, 0) is 24.3 Å². The lowest BCUT2D eigenvalue weighted by atomic mass is 10.1. The zero-order valence-corrected chi connectivity index (χ0v) is 11.5. The number of benzene rings is 1. The Bertz CT molecular complexity index is 746. The Morgan fingerprint density at radius 3 is 2.62 bits per heavy atom. The van der Waals surface area contributed by atoms with Gasteiger partial charge in [0.25, 0.3) is 0 Å². The lowest BCUT2D eigenvalue weighted by Crippen LogP contribution is -2.29. The van der Waals surface area contributed by atoms with Crippen LogP contribution in [0.4, 0.5) is 11.5 Å². The van der Waals surface area contributed by atoms with Gasteiger partial charge in [0.2, 0.25) is 5.76 Å². The Balaban J connectivity index is 2.21. The molecular formula is C14H10ClN3O3. The van der Waals surface area contributed by atoms with E-state index in [1.54, 1.807) is 4.90 Å². The van der Waals surface area contributed by atoms with Crippen LogP contribution in [0.5, 0.6) is 0 Å². The summed E-state index contributed by atoms with van der Waals surface area (Å²) < 4.78 is 0. The van der Waals surface area contributed by atoms with E-state index in [0.29, 0.717) is 11.4 Å². The maximum absolute atomic E-state index is 11.1. The second-order valence-electron chi connectivity index (χ2n) is 4.48. The van der Waals surface area contributed by atoms with Gasteiger partial charge < -0.3 is 10.0 Å². The van der Waals surface area contributed by atoms with Gasteiger partial charge in [0, 0.05) is 5.69 Å². The maximum atomic E-state index is 11.1. The molecule has 1 aliphatic rings. The number of aromatic nitrogens is 1. The molecule has 7 heteroatoms. The molecule has 1 aromatic heterocycles. The molecule has 0 saturated heterocycles. The van der Waals surface area contributed by atoms with Crippen molar-refractivity contribution >= 4 is 28.9 Å². The van der Waals surface area contributed by atoms with Crippen LogP contribution in [-0.2, 0) is 0 Å². The van der Waals surface area contributed by atoms with Gasteiger partial charge in [-0.15, -0.1) is 0 Å². The molecule has 1 aliphatic heterocycles. The van der Waals surface area contributed by atoms with Crippen molar-refractivity contribution in [1.82, 2.24) is 4.98 Å². The molecule has 0 bridgehead atoms. The predicted octanol–water partition coefficient (Wildman–Crippen LogP) is 3.39. The highest BCUT2D eigenvalue weighted by atomic mass is 35.5. The third-order valence-corrected chi connectivity index (χ3v) is 3.43. The summed E-state index contributed by atoms with van der Waals surface area (Å²) in [6, 6.07) is 12.1. The van der Waals surface area contributed by atoms with Crippen LogP contribution in [0.2, 0.25) is 5.15 Å². The van der Waals surface area contributed by atoms with Crippen molar-refractivity contribution in [2.24, 2.45) is 0 Å². The summed E-state index contributed by atoms with van der Waals surface area (Å²) in [5.41, 5.74) is 0.761. The van der Waals surface area contributed by atoms with E-state index in [9.17, 15) is 15.2 Å². The van der Waals surface area contributed by atoms with Crippen LogP contribution in [0, 0.1) is 10.1 Å². The van der Waals surface area contributed by atoms with Crippen LogP contribution < -0.4 is 4.90 Å². The molecule has 2 heterocycles. The largest absolute Gasteiger partial charge is 0.502 e. The van der Waals surface area contributed by atoms with Gasteiger partial charge in [0.1, 0.15) is 17.5 Å². The number of pyridine rings is 1. The lowest BCUT2D eigenvalue weighted by molar-refractivity contribution is -0.425. The number of rotatable bonds is 2. The van der Waals surface area contributed by atoms with Crippen LogP contribution in [0.15, 0.2) is 48.2 Å². The smallest absolute Gasteiger partial charge is 0.307 e. The molecule has 6 nitrogen and oxygen atoms in total. The molecule has 2 aromatic rings. The fourth-order valence-corrected chi connectivity index (χ4v) is 2.38. The lowest BCUT2D eigenvalue weighted by Gasteiger charge is -2.28. The number of nitro groups is 1. The number of hydrogen-bond acceptors (Lipinski definition) is 5. The number of anilines is 2. The number of aliphatic hydroxyl groups excluding tert-OH is 1. The fraction of sp³-hybridized carbons (Fsp3) is 0.0714. The predicted molar refractivity (Wildman–Crippen MR) is 79.2 cm³/mol. The minimum atomic E-state index is -0.581. The molecule has 0 fully saturated rings. The van der Waals surface area contributed by atoms with Crippen LogP contribution in [0.1, 0.15) is 5.56 Å². The Labute approximate surface area is 125 Å². The highest BCUT2D eigenvalue weighted by Gasteiger charge is 2.33. The quantitative estimate of drug-likeness (QED) is 0.522. The zero-order valence-electron chi connectivity index (χ0n) is 10.7. The fourth-order valence-electron chi connectivity index (χ4n) is 2.24. The van der Waals surface area contributed by atoms with E-state index in [2.05, 4.69) is 4.98 Å². The van der Waals surface area contributed by atoms with Gasteiger partial charge in [-0.2, -0.15) is 0 Å². The number of aliphatic hydroxyl groups is 1. The summed E-state index contributed by atoms with van der Waals surface area (Å²) in [6.07, 6.45) is 0. The molecule has 0 atom stereocenters. The molecule has 21 heavy (non-hydrogen) atoms. The molecule has 0 aliphatic carbocycles. The minimum Gasteiger partial charge on any atom is -0.502 e. The van der Waals surface area contributed by atoms with Crippen LogP contribution >= 0.6 is 11.6 Å². The van der Waals surface area contributed by atoms with E-state index in [4.69, 9.17) is 11.6 Å². The summed E-state index contributed by atoms with van der Waals surface area (Å²) in [7, 11) is 0. The van der Waals surface area contributed by atoms with E-state index >= 15 is 0 Å². The van der Waals surface area contributed by atoms with Crippen molar-refractivity contribution in [3.8, 4) is 0 Å². The number of para-hydroxylation sites is 1. The van der Waals surface area contributed by atoms with Gasteiger partial charge in [0.05, 0.1) is 10.5 Å². The molecule has 106 valence electrons. The first-order valence-electron chi connectivity index (χ1n) is 6.14. The summed E-state index contributed by atoms with van der Waals surface area (Å²) in [4.78, 5) is 16.4. The molecule has 0 radical (unpaired) electrons. The van der Waals surface area contributed by atoms with Crippen LogP contribution in [0.3, 0.4) is 0 Å². The highest BCUT2D eigenvalue weighted by molar-refractivity contribution is 6.29. The van der Waals surface area contributed by atoms with E-state index in [1.807, 2.05) is 30.3 Å². The first-order valence-corrected chi connectivity index (χ1v) is 6.51. The average molecular weight is 304 g/mol. The van der Waals surface area contributed by atoms with E-state index in [-0.39, 0.29) is 23.2 Å². The summed E-state index contributed by atoms with van der Waals surface area (Å²) >= 11 is 5.91. The van der Waals surface area contributed by atoms with Crippen LogP contribution in [0.25, 0.3) is 5.76 Å². The number of hydrogen-bond donors (Lipinski definition) is 1. The third-order valence-electron chi connectivity index (χ3n) is 3.22.